The molecule has 0 spiro atoms. The first-order valence-corrected chi connectivity index (χ1v) is 8.44. The topological polar surface area (TPSA) is 70.3 Å². The average Bonchev–Trinajstić information content (AvgIpc) is 3.03. The van der Waals surface area contributed by atoms with Crippen molar-refractivity contribution in [2.75, 3.05) is 13.2 Å². The SMILES string of the molecule is OCCn1cc(-c2cc(O)cc(CCC3CCCCN3)c2)cn1. The van der Waals surface area contributed by atoms with Gasteiger partial charge < -0.3 is 15.5 Å². The number of aliphatic hydroxyl groups excluding tert-OH is 1. The Morgan fingerprint density at radius 1 is 1.22 bits per heavy atom. The Morgan fingerprint density at radius 2 is 2.13 bits per heavy atom. The summed E-state index contributed by atoms with van der Waals surface area (Å²) in [5.41, 5.74) is 3.09. The van der Waals surface area contributed by atoms with Crippen molar-refractivity contribution in [2.24, 2.45) is 0 Å². The van der Waals surface area contributed by atoms with Crippen LogP contribution >= 0.6 is 0 Å². The molecular weight excluding hydrogens is 290 g/mol. The highest BCUT2D eigenvalue weighted by molar-refractivity contribution is 5.64. The van der Waals surface area contributed by atoms with Gasteiger partial charge in [-0.3, -0.25) is 4.68 Å². The molecule has 1 aliphatic rings. The predicted octanol–water partition coefficient (Wildman–Crippen LogP) is 2.32. The van der Waals surface area contributed by atoms with Crippen molar-refractivity contribution in [3.8, 4) is 16.9 Å². The smallest absolute Gasteiger partial charge is 0.116 e. The van der Waals surface area contributed by atoms with Crippen LogP contribution < -0.4 is 5.32 Å². The number of nitrogens with zero attached hydrogens (tertiary/aromatic N) is 2. The predicted molar refractivity (Wildman–Crippen MR) is 90.4 cm³/mol. The first-order valence-electron chi connectivity index (χ1n) is 8.44. The second-order valence-corrected chi connectivity index (χ2v) is 6.29. The lowest BCUT2D eigenvalue weighted by atomic mass is 9.96. The molecule has 0 amide bonds. The molecule has 124 valence electrons. The molecule has 0 radical (unpaired) electrons. The van der Waals surface area contributed by atoms with Gasteiger partial charge >= 0.3 is 0 Å². The number of rotatable bonds is 6. The van der Waals surface area contributed by atoms with E-state index in [2.05, 4.69) is 16.5 Å². The van der Waals surface area contributed by atoms with Crippen molar-refractivity contribution in [2.45, 2.75) is 44.7 Å². The number of nitrogens with one attached hydrogen (secondary N) is 1. The quantitative estimate of drug-likeness (QED) is 0.765. The highest BCUT2D eigenvalue weighted by Gasteiger charge is 2.13. The van der Waals surface area contributed by atoms with E-state index in [4.69, 9.17) is 5.11 Å². The van der Waals surface area contributed by atoms with Gasteiger partial charge in [-0.15, -0.1) is 0 Å². The molecule has 23 heavy (non-hydrogen) atoms. The molecule has 3 N–H and O–H groups in total. The first-order chi connectivity index (χ1) is 11.2. The number of aromatic hydroxyl groups is 1. The van der Waals surface area contributed by atoms with E-state index in [1.54, 1.807) is 16.9 Å². The molecule has 1 saturated heterocycles. The van der Waals surface area contributed by atoms with Crippen LogP contribution in [-0.2, 0) is 13.0 Å². The van der Waals surface area contributed by atoms with Crippen LogP contribution in [0.25, 0.3) is 11.1 Å². The van der Waals surface area contributed by atoms with Gasteiger partial charge in [-0.25, -0.2) is 0 Å². The van der Waals surface area contributed by atoms with Gasteiger partial charge in [0, 0.05) is 17.8 Å². The molecule has 1 aromatic heterocycles. The fourth-order valence-electron chi connectivity index (χ4n) is 3.23. The molecule has 1 unspecified atom stereocenters. The minimum absolute atomic E-state index is 0.0702. The van der Waals surface area contributed by atoms with Gasteiger partial charge in [0.25, 0.3) is 0 Å². The number of phenols is 1. The molecule has 0 bridgehead atoms. The molecule has 0 aliphatic carbocycles. The molecule has 5 heteroatoms. The minimum atomic E-state index is 0.0702. The summed E-state index contributed by atoms with van der Waals surface area (Å²) in [6.07, 6.45) is 9.59. The normalized spacial score (nSPS) is 18.2. The fourth-order valence-corrected chi connectivity index (χ4v) is 3.23. The number of hydrogen-bond donors (Lipinski definition) is 3. The Kier molecular flexibility index (Phi) is 5.31. The fraction of sp³-hybridized carbons (Fsp3) is 0.500. The van der Waals surface area contributed by atoms with Crippen LogP contribution in [0.5, 0.6) is 5.75 Å². The summed E-state index contributed by atoms with van der Waals surface area (Å²) in [6, 6.07) is 6.34. The van der Waals surface area contributed by atoms with Gasteiger partial charge in [0.05, 0.1) is 19.3 Å². The summed E-state index contributed by atoms with van der Waals surface area (Å²) in [7, 11) is 0. The highest BCUT2D eigenvalue weighted by atomic mass is 16.3. The van der Waals surface area contributed by atoms with E-state index in [0.717, 1.165) is 36.1 Å². The summed E-state index contributed by atoms with van der Waals surface area (Å²) in [6.45, 7) is 1.68. The number of benzene rings is 1. The number of aryl methyl sites for hydroxylation is 1. The molecule has 1 atom stereocenters. The first kappa shape index (κ1) is 16.0. The van der Waals surface area contributed by atoms with Gasteiger partial charge in [0.2, 0.25) is 0 Å². The van der Waals surface area contributed by atoms with E-state index in [0.29, 0.717) is 18.3 Å². The van der Waals surface area contributed by atoms with Gasteiger partial charge in [0.15, 0.2) is 0 Å². The molecule has 3 rings (SSSR count). The maximum atomic E-state index is 10.0. The Hall–Kier alpha value is -1.85. The van der Waals surface area contributed by atoms with E-state index in [1.807, 2.05) is 12.3 Å². The lowest BCUT2D eigenvalue weighted by Gasteiger charge is -2.23. The Morgan fingerprint density at radius 3 is 2.91 bits per heavy atom. The zero-order valence-electron chi connectivity index (χ0n) is 13.4. The second-order valence-electron chi connectivity index (χ2n) is 6.29. The molecule has 0 saturated carbocycles. The van der Waals surface area contributed by atoms with Crippen molar-refractivity contribution in [1.82, 2.24) is 15.1 Å². The van der Waals surface area contributed by atoms with Crippen LogP contribution in [0.3, 0.4) is 0 Å². The van der Waals surface area contributed by atoms with Crippen LogP contribution in [-0.4, -0.2) is 39.2 Å². The molecule has 2 heterocycles. The van der Waals surface area contributed by atoms with Crippen LogP contribution in [0.15, 0.2) is 30.6 Å². The molecule has 2 aromatic rings. The zero-order chi connectivity index (χ0) is 16.1. The van der Waals surface area contributed by atoms with Gasteiger partial charge in [-0.2, -0.15) is 5.10 Å². The van der Waals surface area contributed by atoms with Crippen LogP contribution in [0.1, 0.15) is 31.2 Å². The van der Waals surface area contributed by atoms with Crippen LogP contribution in [0, 0.1) is 0 Å². The molecule has 5 nitrogen and oxygen atoms in total. The van der Waals surface area contributed by atoms with Gasteiger partial charge in [-0.1, -0.05) is 12.5 Å². The summed E-state index contributed by atoms with van der Waals surface area (Å²) in [5, 5.41) is 26.8. The van der Waals surface area contributed by atoms with E-state index < -0.39 is 0 Å². The van der Waals surface area contributed by atoms with Gasteiger partial charge in [0.1, 0.15) is 5.75 Å². The molecule has 1 fully saturated rings. The van der Waals surface area contributed by atoms with Crippen molar-refractivity contribution < 1.29 is 10.2 Å². The number of aromatic nitrogens is 2. The summed E-state index contributed by atoms with van der Waals surface area (Å²) in [4.78, 5) is 0. The maximum Gasteiger partial charge on any atom is 0.116 e. The number of aliphatic hydroxyl groups is 1. The van der Waals surface area contributed by atoms with Crippen molar-refractivity contribution >= 4 is 0 Å². The van der Waals surface area contributed by atoms with Crippen molar-refractivity contribution in [3.05, 3.63) is 36.2 Å². The third-order valence-corrected chi connectivity index (χ3v) is 4.47. The second kappa shape index (κ2) is 7.62. The largest absolute Gasteiger partial charge is 0.508 e. The average molecular weight is 315 g/mol. The van der Waals surface area contributed by atoms with E-state index in [1.165, 1.54) is 19.3 Å². The Labute approximate surface area is 137 Å². The van der Waals surface area contributed by atoms with Crippen molar-refractivity contribution in [3.63, 3.8) is 0 Å². The third kappa shape index (κ3) is 4.33. The Bertz CT molecular complexity index is 633. The minimum Gasteiger partial charge on any atom is -0.508 e. The lowest BCUT2D eigenvalue weighted by molar-refractivity contribution is 0.269. The zero-order valence-corrected chi connectivity index (χ0v) is 13.4. The van der Waals surface area contributed by atoms with Crippen molar-refractivity contribution in [1.29, 1.82) is 0 Å². The highest BCUT2D eigenvalue weighted by Crippen LogP contribution is 2.26. The molecule has 1 aromatic carbocycles. The standard InChI is InChI=1S/C18H25N3O2/c22-8-7-21-13-16(12-20-21)15-9-14(10-18(23)11-15)4-5-17-3-1-2-6-19-17/h9-13,17,19,22-23H,1-8H2. The van der Waals surface area contributed by atoms with Gasteiger partial charge in [-0.05, 0) is 55.5 Å². The number of piperidine rings is 1. The van der Waals surface area contributed by atoms with E-state index in [-0.39, 0.29) is 6.61 Å². The number of hydrogen-bond acceptors (Lipinski definition) is 4. The number of phenolic OH excluding ortho intramolecular Hbond substituents is 1. The van der Waals surface area contributed by atoms with E-state index in [9.17, 15) is 5.11 Å². The Balaban J connectivity index is 1.70. The summed E-state index contributed by atoms with van der Waals surface area (Å²) in [5.74, 6) is 0.295. The lowest BCUT2D eigenvalue weighted by Crippen LogP contribution is -2.34. The maximum absolute atomic E-state index is 10.0. The van der Waals surface area contributed by atoms with E-state index >= 15 is 0 Å². The summed E-state index contributed by atoms with van der Waals surface area (Å²) >= 11 is 0. The van der Waals surface area contributed by atoms with Crippen LogP contribution in [0.4, 0.5) is 0 Å². The monoisotopic (exact) mass is 315 g/mol. The summed E-state index contributed by atoms with van der Waals surface area (Å²) < 4.78 is 1.71. The van der Waals surface area contributed by atoms with Crippen LogP contribution in [0.2, 0.25) is 0 Å². The third-order valence-electron chi connectivity index (χ3n) is 4.47. The molecular formula is C18H25N3O2. The molecule has 1 aliphatic heterocycles.